The fourth-order valence-electron chi connectivity index (χ4n) is 2.43. The molecule has 2 rings (SSSR count). The molecule has 0 heterocycles. The fraction of sp³-hybridized carbons (Fsp3) is 0.600. The van der Waals surface area contributed by atoms with Crippen molar-refractivity contribution in [2.45, 2.75) is 43.8 Å². The molecule has 18 heavy (non-hydrogen) atoms. The Bertz CT molecular complexity index is 452. The molecule has 0 aliphatic heterocycles. The van der Waals surface area contributed by atoms with Crippen LogP contribution in [0.2, 0.25) is 0 Å². The SMILES string of the molecule is CCCCOc1ccc(C2([S-](C)#[O+])CCC2)cc1. The van der Waals surface area contributed by atoms with Crippen LogP contribution in [0, 0.1) is 0 Å². The summed E-state index contributed by atoms with van der Waals surface area (Å²) in [7, 11) is -0.787. The Kier molecular flexibility index (Phi) is 4.57. The van der Waals surface area contributed by atoms with Gasteiger partial charge in [-0.3, -0.25) is 0 Å². The summed E-state index contributed by atoms with van der Waals surface area (Å²) in [6.07, 6.45) is 7.35. The zero-order valence-corrected chi connectivity index (χ0v) is 12.1. The van der Waals surface area contributed by atoms with Crippen molar-refractivity contribution in [2.24, 2.45) is 0 Å². The van der Waals surface area contributed by atoms with E-state index in [1.807, 2.05) is 18.4 Å². The number of ether oxygens (including phenoxy) is 1. The van der Waals surface area contributed by atoms with Crippen molar-refractivity contribution in [3.05, 3.63) is 29.8 Å². The maximum atomic E-state index is 11.9. The molecule has 1 saturated carbocycles. The van der Waals surface area contributed by atoms with E-state index < -0.39 is 10.6 Å². The second-order valence-electron chi connectivity index (χ2n) is 5.03. The summed E-state index contributed by atoms with van der Waals surface area (Å²) >= 11 is 0. The summed E-state index contributed by atoms with van der Waals surface area (Å²) in [5, 5.41) is 0. The molecule has 2 nitrogen and oxygen atoms in total. The van der Waals surface area contributed by atoms with E-state index in [-0.39, 0.29) is 4.75 Å². The van der Waals surface area contributed by atoms with Crippen LogP contribution >= 0.6 is 0 Å². The zero-order chi connectivity index (χ0) is 13.0. The first-order valence-electron chi connectivity index (χ1n) is 6.76. The van der Waals surface area contributed by atoms with E-state index in [9.17, 15) is 4.04 Å². The molecule has 1 fully saturated rings. The Hall–Kier alpha value is -0.670. The molecular formula is C15H22O2S. The summed E-state index contributed by atoms with van der Waals surface area (Å²) in [5.74, 6) is 0.920. The van der Waals surface area contributed by atoms with Gasteiger partial charge < -0.3 is 0 Å². The Balaban J connectivity index is 2.06. The monoisotopic (exact) mass is 266 g/mol. The fourth-order valence-corrected chi connectivity index (χ4v) is 3.76. The van der Waals surface area contributed by atoms with Crippen molar-refractivity contribution in [2.75, 3.05) is 12.9 Å². The quantitative estimate of drug-likeness (QED) is 0.452. The zero-order valence-electron chi connectivity index (χ0n) is 11.3. The third-order valence-electron chi connectivity index (χ3n) is 3.86. The predicted molar refractivity (Wildman–Crippen MR) is 76.3 cm³/mol. The second kappa shape index (κ2) is 5.98. The van der Waals surface area contributed by atoms with E-state index >= 15 is 0 Å². The molecule has 1 aromatic carbocycles. The molecule has 0 unspecified atom stereocenters. The van der Waals surface area contributed by atoms with Crippen molar-refractivity contribution in [1.29, 1.82) is 0 Å². The van der Waals surface area contributed by atoms with Crippen LogP contribution in [-0.2, 0) is 19.4 Å². The first-order valence-corrected chi connectivity index (χ1v) is 8.32. The molecule has 0 N–H and O–H groups in total. The molecule has 0 radical (unpaired) electrons. The topological polar surface area (TPSA) is 29.1 Å². The van der Waals surface area contributed by atoms with Crippen LogP contribution in [0.1, 0.15) is 44.6 Å². The molecule has 0 spiro atoms. The minimum absolute atomic E-state index is 0.0814. The molecule has 1 aliphatic carbocycles. The van der Waals surface area contributed by atoms with Crippen LogP contribution in [0.5, 0.6) is 5.75 Å². The van der Waals surface area contributed by atoms with Crippen LogP contribution in [0.25, 0.3) is 0 Å². The average Bonchev–Trinajstić information content (AvgIpc) is 2.29. The average molecular weight is 266 g/mol. The summed E-state index contributed by atoms with van der Waals surface area (Å²) in [6.45, 7) is 2.93. The molecule has 0 aromatic heterocycles. The Morgan fingerprint density at radius 3 is 2.39 bits per heavy atom. The second-order valence-corrected chi connectivity index (χ2v) is 6.72. The molecule has 1 aliphatic rings. The van der Waals surface area contributed by atoms with E-state index in [2.05, 4.69) is 19.1 Å². The Labute approximate surface area is 112 Å². The summed E-state index contributed by atoms with van der Waals surface area (Å²) in [5.41, 5.74) is 1.21. The van der Waals surface area contributed by atoms with E-state index in [0.717, 1.165) is 38.0 Å². The van der Waals surface area contributed by atoms with Crippen LogP contribution in [0.15, 0.2) is 24.3 Å². The molecular weight excluding hydrogens is 244 g/mol. The van der Waals surface area contributed by atoms with Crippen molar-refractivity contribution in [1.82, 2.24) is 0 Å². The first-order chi connectivity index (χ1) is 8.69. The van der Waals surface area contributed by atoms with E-state index in [0.29, 0.717) is 0 Å². The van der Waals surface area contributed by atoms with Gasteiger partial charge in [0.25, 0.3) is 0 Å². The van der Waals surface area contributed by atoms with Gasteiger partial charge in [0.2, 0.25) is 0 Å². The number of hydrogen-bond acceptors (Lipinski definition) is 2. The summed E-state index contributed by atoms with van der Waals surface area (Å²) < 4.78 is 17.5. The molecule has 100 valence electrons. The van der Waals surface area contributed by atoms with Gasteiger partial charge in [-0.05, 0) is 0 Å². The maximum absolute atomic E-state index is 11.9. The van der Waals surface area contributed by atoms with Gasteiger partial charge >= 0.3 is 112 Å². The van der Waals surface area contributed by atoms with Crippen molar-refractivity contribution in [3.8, 4) is 5.75 Å². The Morgan fingerprint density at radius 2 is 1.94 bits per heavy atom. The van der Waals surface area contributed by atoms with Crippen molar-refractivity contribution < 1.29 is 8.78 Å². The summed E-state index contributed by atoms with van der Waals surface area (Å²) in [4.78, 5) is 0. The van der Waals surface area contributed by atoms with Crippen molar-refractivity contribution >= 4 is 10.6 Å². The molecule has 0 saturated heterocycles. The Morgan fingerprint density at radius 1 is 1.28 bits per heavy atom. The van der Waals surface area contributed by atoms with Gasteiger partial charge in [0.15, 0.2) is 0 Å². The van der Waals surface area contributed by atoms with Gasteiger partial charge in [0, 0.05) is 0 Å². The van der Waals surface area contributed by atoms with Crippen LogP contribution < -0.4 is 4.74 Å². The molecule has 0 amide bonds. The van der Waals surface area contributed by atoms with Crippen LogP contribution in [-0.4, -0.2) is 12.9 Å². The van der Waals surface area contributed by atoms with E-state index in [1.165, 1.54) is 12.0 Å². The van der Waals surface area contributed by atoms with Gasteiger partial charge in [-0.2, -0.15) is 0 Å². The minimum atomic E-state index is -0.787. The third kappa shape index (κ3) is 2.67. The number of hydrogen-bond donors (Lipinski definition) is 0. The predicted octanol–water partition coefficient (Wildman–Crippen LogP) is 3.84. The normalized spacial score (nSPS) is 17.4. The van der Waals surface area contributed by atoms with Gasteiger partial charge in [0.1, 0.15) is 0 Å². The van der Waals surface area contributed by atoms with Gasteiger partial charge in [0.05, 0.1) is 0 Å². The number of rotatable bonds is 5. The number of unbranched alkanes of at least 4 members (excludes halogenated alkanes) is 1. The standard InChI is InChI=1S/C15H22O2S/c1-3-4-12-17-14-8-6-13(7-9-14)15(18(2)16)10-5-11-15/h6-9H,3-5,10-12H2,1-2H3. The van der Waals surface area contributed by atoms with Crippen molar-refractivity contribution in [3.63, 3.8) is 0 Å². The van der Waals surface area contributed by atoms with E-state index in [4.69, 9.17) is 4.74 Å². The van der Waals surface area contributed by atoms with Crippen LogP contribution in [0.3, 0.4) is 0 Å². The van der Waals surface area contributed by atoms with E-state index in [1.54, 1.807) is 0 Å². The molecule has 0 atom stereocenters. The molecule has 1 aromatic rings. The number of benzene rings is 1. The van der Waals surface area contributed by atoms with Crippen LogP contribution in [0.4, 0.5) is 0 Å². The molecule has 3 heteroatoms. The van der Waals surface area contributed by atoms with Gasteiger partial charge in [-0.25, -0.2) is 0 Å². The first kappa shape index (κ1) is 13.8. The van der Waals surface area contributed by atoms with Gasteiger partial charge in [-0.1, -0.05) is 0 Å². The molecule has 0 bridgehead atoms. The third-order valence-corrected chi connectivity index (χ3v) is 5.60. The summed E-state index contributed by atoms with van der Waals surface area (Å²) in [6, 6.07) is 8.19. The van der Waals surface area contributed by atoms with Gasteiger partial charge in [-0.15, -0.1) is 0 Å².